The molecule has 0 aliphatic carbocycles. The lowest BCUT2D eigenvalue weighted by molar-refractivity contribution is 0.0692. The number of aryl methyl sites for hydroxylation is 1. The standard InChI is InChI=1S/C11H10N2O4/c1-6-3-2-4-7(5-6)13-10(15)8(11(16)17)9(14)12-13/h2-5,15H,1H3,(H,12,14)(H,16,17). The van der Waals surface area contributed by atoms with E-state index in [1.54, 1.807) is 18.2 Å². The molecule has 3 N–H and O–H groups in total. The quantitative estimate of drug-likeness (QED) is 0.718. The van der Waals surface area contributed by atoms with E-state index in [1.807, 2.05) is 13.0 Å². The van der Waals surface area contributed by atoms with Crippen LogP contribution in [0.3, 0.4) is 0 Å². The summed E-state index contributed by atoms with van der Waals surface area (Å²) < 4.78 is 1.04. The number of aromatic nitrogens is 2. The van der Waals surface area contributed by atoms with E-state index in [4.69, 9.17) is 5.11 Å². The van der Waals surface area contributed by atoms with E-state index < -0.39 is 23.0 Å². The van der Waals surface area contributed by atoms with Crippen LogP contribution in [0.1, 0.15) is 15.9 Å². The van der Waals surface area contributed by atoms with Gasteiger partial charge in [-0.15, -0.1) is 0 Å². The summed E-state index contributed by atoms with van der Waals surface area (Å²) in [6.45, 7) is 1.85. The maximum atomic E-state index is 11.3. The van der Waals surface area contributed by atoms with Crippen LogP contribution in [0.4, 0.5) is 0 Å². The zero-order valence-corrected chi connectivity index (χ0v) is 8.97. The van der Waals surface area contributed by atoms with E-state index in [0.29, 0.717) is 5.69 Å². The molecule has 88 valence electrons. The van der Waals surface area contributed by atoms with Crippen molar-refractivity contribution in [3.8, 4) is 11.6 Å². The topological polar surface area (TPSA) is 95.3 Å². The largest absolute Gasteiger partial charge is 0.493 e. The SMILES string of the molecule is Cc1cccc(-n2[nH]c(=O)c(C(=O)O)c2O)c1. The van der Waals surface area contributed by atoms with Gasteiger partial charge in [0.05, 0.1) is 5.69 Å². The van der Waals surface area contributed by atoms with Crippen molar-refractivity contribution >= 4 is 5.97 Å². The number of nitrogens with zero attached hydrogens (tertiary/aromatic N) is 1. The highest BCUT2D eigenvalue weighted by Gasteiger charge is 2.21. The first-order chi connectivity index (χ1) is 8.00. The number of rotatable bonds is 2. The number of carboxylic acid groups (broad SMARTS) is 1. The third-order valence-electron chi connectivity index (χ3n) is 2.35. The second-order valence-corrected chi connectivity index (χ2v) is 3.62. The third kappa shape index (κ3) is 1.80. The summed E-state index contributed by atoms with van der Waals surface area (Å²) in [5, 5.41) is 20.7. The van der Waals surface area contributed by atoms with E-state index >= 15 is 0 Å². The Morgan fingerprint density at radius 2 is 2.12 bits per heavy atom. The first kappa shape index (κ1) is 11.0. The number of hydrogen-bond donors (Lipinski definition) is 3. The predicted octanol–water partition coefficient (Wildman–Crippen LogP) is 0.878. The van der Waals surface area contributed by atoms with Crippen molar-refractivity contribution in [2.45, 2.75) is 6.92 Å². The molecule has 0 atom stereocenters. The fourth-order valence-corrected chi connectivity index (χ4v) is 1.57. The molecule has 0 aliphatic heterocycles. The highest BCUT2D eigenvalue weighted by Crippen LogP contribution is 2.18. The van der Waals surface area contributed by atoms with Gasteiger partial charge in [0.25, 0.3) is 5.56 Å². The molecular weight excluding hydrogens is 224 g/mol. The summed E-state index contributed by atoms with van der Waals surface area (Å²) >= 11 is 0. The van der Waals surface area contributed by atoms with Gasteiger partial charge < -0.3 is 10.2 Å². The molecule has 2 rings (SSSR count). The van der Waals surface area contributed by atoms with Gasteiger partial charge in [0.2, 0.25) is 5.88 Å². The summed E-state index contributed by atoms with van der Waals surface area (Å²) in [5.41, 5.74) is -0.0802. The number of carboxylic acids is 1. The lowest BCUT2D eigenvalue weighted by Gasteiger charge is -2.04. The van der Waals surface area contributed by atoms with Crippen molar-refractivity contribution in [2.75, 3.05) is 0 Å². The minimum atomic E-state index is -1.46. The molecule has 0 aliphatic rings. The Bertz CT molecular complexity index is 639. The Morgan fingerprint density at radius 3 is 2.65 bits per heavy atom. The number of hydrogen-bond acceptors (Lipinski definition) is 3. The summed E-state index contributed by atoms with van der Waals surface area (Å²) in [4.78, 5) is 22.1. The molecule has 0 unspecified atom stereocenters. The Labute approximate surface area is 95.7 Å². The Morgan fingerprint density at radius 1 is 1.41 bits per heavy atom. The molecule has 0 fully saturated rings. The molecule has 2 aromatic rings. The van der Waals surface area contributed by atoms with E-state index in [1.165, 1.54) is 0 Å². The minimum Gasteiger partial charge on any atom is -0.493 e. The molecule has 0 amide bonds. The number of benzene rings is 1. The van der Waals surface area contributed by atoms with Crippen LogP contribution in [0.25, 0.3) is 5.69 Å². The Hall–Kier alpha value is -2.50. The second kappa shape index (κ2) is 3.82. The maximum absolute atomic E-state index is 11.3. The Kier molecular flexibility index (Phi) is 2.47. The summed E-state index contributed by atoms with van der Waals surface area (Å²) in [5.74, 6) is -2.07. The van der Waals surface area contributed by atoms with Crippen LogP contribution >= 0.6 is 0 Å². The first-order valence-electron chi connectivity index (χ1n) is 4.85. The van der Waals surface area contributed by atoms with Crippen LogP contribution in [-0.4, -0.2) is 26.0 Å². The number of nitrogens with one attached hydrogen (secondary N) is 1. The monoisotopic (exact) mass is 234 g/mol. The van der Waals surface area contributed by atoms with Crippen molar-refractivity contribution in [2.24, 2.45) is 0 Å². The first-order valence-corrected chi connectivity index (χ1v) is 4.85. The average Bonchev–Trinajstić information content (AvgIpc) is 2.54. The van der Waals surface area contributed by atoms with Gasteiger partial charge in [0.15, 0.2) is 5.56 Å². The zero-order valence-electron chi connectivity index (χ0n) is 8.97. The number of H-pyrrole nitrogens is 1. The van der Waals surface area contributed by atoms with Crippen LogP contribution in [0, 0.1) is 6.92 Å². The van der Waals surface area contributed by atoms with Gasteiger partial charge in [-0.1, -0.05) is 12.1 Å². The molecule has 0 saturated carbocycles. The second-order valence-electron chi connectivity index (χ2n) is 3.62. The molecule has 6 nitrogen and oxygen atoms in total. The summed E-state index contributed by atoms with van der Waals surface area (Å²) in [6, 6.07) is 6.94. The van der Waals surface area contributed by atoms with Gasteiger partial charge in [-0.05, 0) is 24.6 Å². The third-order valence-corrected chi connectivity index (χ3v) is 2.35. The average molecular weight is 234 g/mol. The van der Waals surface area contributed by atoms with Crippen molar-refractivity contribution in [3.05, 3.63) is 45.7 Å². The lowest BCUT2D eigenvalue weighted by atomic mass is 10.2. The van der Waals surface area contributed by atoms with Gasteiger partial charge in [-0.25, -0.2) is 9.48 Å². The van der Waals surface area contributed by atoms with Gasteiger partial charge in [0, 0.05) is 0 Å². The highest BCUT2D eigenvalue weighted by atomic mass is 16.4. The van der Waals surface area contributed by atoms with Crippen molar-refractivity contribution in [1.82, 2.24) is 9.78 Å². The summed E-state index contributed by atoms with van der Waals surface area (Å²) in [7, 11) is 0. The fraction of sp³-hybridized carbons (Fsp3) is 0.0909. The molecule has 0 bridgehead atoms. The van der Waals surface area contributed by atoms with E-state index in [0.717, 1.165) is 10.2 Å². The minimum absolute atomic E-state index is 0.493. The van der Waals surface area contributed by atoms with Gasteiger partial charge in [-0.3, -0.25) is 9.89 Å². The molecule has 0 spiro atoms. The van der Waals surface area contributed by atoms with Crippen LogP contribution < -0.4 is 5.56 Å². The number of aromatic amines is 1. The Balaban J connectivity index is 2.66. The van der Waals surface area contributed by atoms with Crippen LogP contribution in [0.2, 0.25) is 0 Å². The molecular formula is C11H10N2O4. The lowest BCUT2D eigenvalue weighted by Crippen LogP contribution is -2.11. The van der Waals surface area contributed by atoms with Crippen molar-refractivity contribution < 1.29 is 15.0 Å². The van der Waals surface area contributed by atoms with Crippen molar-refractivity contribution in [1.29, 1.82) is 0 Å². The maximum Gasteiger partial charge on any atom is 0.347 e. The molecule has 1 aromatic heterocycles. The summed E-state index contributed by atoms with van der Waals surface area (Å²) in [6.07, 6.45) is 0. The number of aromatic hydroxyl groups is 1. The van der Waals surface area contributed by atoms with Gasteiger partial charge in [-0.2, -0.15) is 0 Å². The molecule has 1 aromatic carbocycles. The fourth-order valence-electron chi connectivity index (χ4n) is 1.57. The van der Waals surface area contributed by atoms with E-state index in [2.05, 4.69) is 5.10 Å². The molecule has 1 heterocycles. The smallest absolute Gasteiger partial charge is 0.347 e. The highest BCUT2D eigenvalue weighted by molar-refractivity contribution is 5.89. The molecule has 0 radical (unpaired) electrons. The predicted molar refractivity (Wildman–Crippen MR) is 59.8 cm³/mol. The molecule has 0 saturated heterocycles. The van der Waals surface area contributed by atoms with E-state index in [-0.39, 0.29) is 0 Å². The van der Waals surface area contributed by atoms with Crippen LogP contribution in [0.5, 0.6) is 5.88 Å². The number of aromatic carboxylic acids is 1. The van der Waals surface area contributed by atoms with Crippen LogP contribution in [0.15, 0.2) is 29.1 Å². The number of carbonyl (C=O) groups is 1. The normalized spacial score (nSPS) is 10.4. The van der Waals surface area contributed by atoms with Gasteiger partial charge in [0.1, 0.15) is 0 Å². The van der Waals surface area contributed by atoms with Gasteiger partial charge >= 0.3 is 5.97 Å². The van der Waals surface area contributed by atoms with E-state index in [9.17, 15) is 14.7 Å². The molecule has 17 heavy (non-hydrogen) atoms. The molecule has 6 heteroatoms. The van der Waals surface area contributed by atoms with Crippen molar-refractivity contribution in [3.63, 3.8) is 0 Å². The van der Waals surface area contributed by atoms with Crippen LogP contribution in [-0.2, 0) is 0 Å². The zero-order chi connectivity index (χ0) is 12.6.